The number of carbonyl (C=O) groups excluding carboxylic acids is 2. The summed E-state index contributed by atoms with van der Waals surface area (Å²) in [5.74, 6) is -3.00. The zero-order valence-corrected chi connectivity index (χ0v) is 17.2. The molecule has 29 heavy (non-hydrogen) atoms. The summed E-state index contributed by atoms with van der Waals surface area (Å²) in [7, 11) is 0. The van der Waals surface area contributed by atoms with Crippen LogP contribution in [0.15, 0.2) is 36.4 Å². The van der Waals surface area contributed by atoms with E-state index in [2.05, 4.69) is 0 Å². The predicted molar refractivity (Wildman–Crippen MR) is 109 cm³/mol. The Labute approximate surface area is 172 Å². The third kappa shape index (κ3) is 3.85. The van der Waals surface area contributed by atoms with Gasteiger partial charge in [-0.1, -0.05) is 11.6 Å². The van der Waals surface area contributed by atoms with Crippen molar-refractivity contribution in [1.82, 2.24) is 4.57 Å². The number of phenols is 1. The largest absolute Gasteiger partial charge is 0.505 e. The Hall–Kier alpha value is -2.86. The minimum atomic E-state index is -0.857. The van der Waals surface area contributed by atoms with Crippen LogP contribution in [0.1, 0.15) is 48.3 Å². The van der Waals surface area contributed by atoms with Gasteiger partial charge >= 0.3 is 5.97 Å². The summed E-state index contributed by atoms with van der Waals surface area (Å²) in [5, 5.41) is 10.8. The molecule has 0 aliphatic rings. The standard InChI is InChI=1S/C22H21ClFNO4/c1-11(2)29-22(28)12(3)20-13(4)25(18-10-17(24)19(26)9-16(18)20)21(27)14-5-7-15(23)8-6-14/h5-12,26H,1-4H3. The van der Waals surface area contributed by atoms with Crippen LogP contribution >= 0.6 is 11.6 Å². The fourth-order valence-electron chi connectivity index (χ4n) is 3.43. The van der Waals surface area contributed by atoms with Crippen molar-refractivity contribution in [2.24, 2.45) is 0 Å². The van der Waals surface area contributed by atoms with Gasteiger partial charge < -0.3 is 9.84 Å². The Morgan fingerprint density at radius 3 is 2.34 bits per heavy atom. The summed E-state index contributed by atoms with van der Waals surface area (Å²) in [5.41, 5.74) is 1.59. The average molecular weight is 418 g/mol. The molecule has 1 N–H and O–H groups in total. The third-order valence-electron chi connectivity index (χ3n) is 4.75. The molecule has 1 aromatic heterocycles. The van der Waals surface area contributed by atoms with Crippen LogP contribution in [0.4, 0.5) is 4.39 Å². The molecule has 0 spiro atoms. The summed E-state index contributed by atoms with van der Waals surface area (Å²) < 4.78 is 20.8. The first kappa shape index (κ1) is 20.9. The number of esters is 1. The molecule has 0 saturated heterocycles. The predicted octanol–water partition coefficient (Wildman–Crippen LogP) is 5.19. The zero-order chi connectivity index (χ0) is 21.5. The molecule has 0 amide bonds. The number of fused-ring (bicyclic) bond motifs is 1. The van der Waals surface area contributed by atoms with Gasteiger partial charge in [0.2, 0.25) is 0 Å². The van der Waals surface area contributed by atoms with E-state index in [1.54, 1.807) is 52.0 Å². The van der Waals surface area contributed by atoms with Crippen molar-refractivity contribution >= 4 is 34.4 Å². The number of phenolic OH excluding ortho intramolecular Hbond substituents is 1. The number of carbonyl (C=O) groups is 2. The Kier molecular flexibility index (Phi) is 5.66. The van der Waals surface area contributed by atoms with E-state index in [0.717, 1.165) is 6.07 Å². The molecule has 152 valence electrons. The lowest BCUT2D eigenvalue weighted by atomic mass is 9.97. The van der Waals surface area contributed by atoms with Gasteiger partial charge in [-0.15, -0.1) is 0 Å². The number of hydrogen-bond donors (Lipinski definition) is 1. The lowest BCUT2D eigenvalue weighted by Crippen LogP contribution is -2.19. The van der Waals surface area contributed by atoms with Crippen LogP contribution in [0, 0.1) is 12.7 Å². The second-order valence-corrected chi connectivity index (χ2v) is 7.61. The number of rotatable bonds is 4. The fraction of sp³-hybridized carbons (Fsp3) is 0.273. The highest BCUT2D eigenvalue weighted by atomic mass is 35.5. The molecule has 1 heterocycles. The SMILES string of the molecule is Cc1c(C(C)C(=O)OC(C)C)c2cc(O)c(F)cc2n1C(=O)c1ccc(Cl)cc1. The molecular weight excluding hydrogens is 397 g/mol. The van der Waals surface area contributed by atoms with Crippen LogP contribution in [0.25, 0.3) is 10.9 Å². The van der Waals surface area contributed by atoms with Gasteiger partial charge in [0.15, 0.2) is 11.6 Å². The van der Waals surface area contributed by atoms with Crippen LogP contribution in [0.2, 0.25) is 5.02 Å². The zero-order valence-electron chi connectivity index (χ0n) is 16.5. The van der Waals surface area contributed by atoms with Crippen molar-refractivity contribution in [1.29, 1.82) is 0 Å². The summed E-state index contributed by atoms with van der Waals surface area (Å²) in [6, 6.07) is 8.65. The molecule has 7 heteroatoms. The van der Waals surface area contributed by atoms with Crippen LogP contribution in [-0.4, -0.2) is 27.7 Å². The lowest BCUT2D eigenvalue weighted by molar-refractivity contribution is -0.148. The molecule has 3 aromatic rings. The molecule has 0 aliphatic carbocycles. The van der Waals surface area contributed by atoms with Gasteiger partial charge in [-0.25, -0.2) is 4.39 Å². The van der Waals surface area contributed by atoms with Gasteiger partial charge in [0.25, 0.3) is 5.91 Å². The highest BCUT2D eigenvalue weighted by Gasteiger charge is 2.29. The molecule has 5 nitrogen and oxygen atoms in total. The monoisotopic (exact) mass is 417 g/mol. The van der Waals surface area contributed by atoms with Crippen LogP contribution in [0.5, 0.6) is 5.75 Å². The van der Waals surface area contributed by atoms with E-state index in [1.807, 2.05) is 0 Å². The average Bonchev–Trinajstić information content (AvgIpc) is 2.92. The van der Waals surface area contributed by atoms with E-state index in [-0.39, 0.29) is 11.6 Å². The van der Waals surface area contributed by atoms with Crippen LogP contribution in [0.3, 0.4) is 0 Å². The van der Waals surface area contributed by atoms with Gasteiger partial charge in [0.05, 0.1) is 17.5 Å². The van der Waals surface area contributed by atoms with Crippen LogP contribution in [-0.2, 0) is 9.53 Å². The molecule has 1 unspecified atom stereocenters. The van der Waals surface area contributed by atoms with E-state index in [0.29, 0.717) is 27.2 Å². The summed E-state index contributed by atoms with van der Waals surface area (Å²) >= 11 is 5.90. The van der Waals surface area contributed by atoms with E-state index in [4.69, 9.17) is 16.3 Å². The number of aromatic hydroxyl groups is 1. The van der Waals surface area contributed by atoms with Crippen molar-refractivity contribution in [3.63, 3.8) is 0 Å². The molecule has 0 radical (unpaired) electrons. The topological polar surface area (TPSA) is 68.5 Å². The number of halogens is 2. The second kappa shape index (κ2) is 7.87. The molecule has 0 aliphatic heterocycles. The van der Waals surface area contributed by atoms with Crippen molar-refractivity contribution < 1.29 is 23.8 Å². The maximum Gasteiger partial charge on any atom is 0.313 e. The van der Waals surface area contributed by atoms with Crippen molar-refractivity contribution in [3.05, 3.63) is 64.1 Å². The van der Waals surface area contributed by atoms with Gasteiger partial charge in [0.1, 0.15) is 0 Å². The van der Waals surface area contributed by atoms with Crippen molar-refractivity contribution in [2.45, 2.75) is 39.7 Å². The minimum Gasteiger partial charge on any atom is -0.505 e. The first-order valence-electron chi connectivity index (χ1n) is 9.16. The molecule has 1 atom stereocenters. The minimum absolute atomic E-state index is 0.261. The van der Waals surface area contributed by atoms with Crippen molar-refractivity contribution in [2.75, 3.05) is 0 Å². The number of nitrogens with zero attached hydrogens (tertiary/aromatic N) is 1. The molecule has 0 saturated carbocycles. The third-order valence-corrected chi connectivity index (χ3v) is 5.01. The highest BCUT2D eigenvalue weighted by molar-refractivity contribution is 6.30. The van der Waals surface area contributed by atoms with E-state index in [9.17, 15) is 19.1 Å². The summed E-state index contributed by atoms with van der Waals surface area (Å²) in [6.45, 7) is 6.82. The Morgan fingerprint density at radius 1 is 1.14 bits per heavy atom. The number of benzene rings is 2. The lowest BCUT2D eigenvalue weighted by Gasteiger charge is -2.15. The van der Waals surface area contributed by atoms with Crippen molar-refractivity contribution in [3.8, 4) is 5.75 Å². The Bertz CT molecular complexity index is 1100. The fourth-order valence-corrected chi connectivity index (χ4v) is 3.56. The molecular formula is C22H21ClFNO4. The van der Waals surface area contributed by atoms with E-state index < -0.39 is 29.4 Å². The molecule has 3 rings (SSSR count). The van der Waals surface area contributed by atoms with Gasteiger partial charge in [-0.3, -0.25) is 14.2 Å². The smallest absolute Gasteiger partial charge is 0.313 e. The molecule has 0 fully saturated rings. The second-order valence-electron chi connectivity index (χ2n) is 7.17. The van der Waals surface area contributed by atoms with Gasteiger partial charge in [0, 0.05) is 27.7 Å². The Morgan fingerprint density at radius 2 is 1.76 bits per heavy atom. The molecule has 0 bridgehead atoms. The first-order valence-corrected chi connectivity index (χ1v) is 9.53. The highest BCUT2D eigenvalue weighted by Crippen LogP contribution is 2.36. The van der Waals surface area contributed by atoms with Gasteiger partial charge in [-0.2, -0.15) is 0 Å². The number of hydrogen-bond acceptors (Lipinski definition) is 4. The van der Waals surface area contributed by atoms with Gasteiger partial charge in [-0.05, 0) is 63.6 Å². The summed E-state index contributed by atoms with van der Waals surface area (Å²) in [4.78, 5) is 25.7. The Balaban J connectivity index is 2.24. The number of ether oxygens (including phenoxy) is 1. The number of aromatic nitrogens is 1. The van der Waals surface area contributed by atoms with E-state index in [1.165, 1.54) is 10.6 Å². The molecule has 2 aromatic carbocycles. The maximum atomic E-state index is 14.1. The van der Waals surface area contributed by atoms with E-state index >= 15 is 0 Å². The quantitative estimate of drug-likeness (QED) is 0.593. The maximum absolute atomic E-state index is 14.1. The summed E-state index contributed by atoms with van der Waals surface area (Å²) in [6.07, 6.45) is -0.305. The first-order chi connectivity index (χ1) is 13.6. The normalized spacial score (nSPS) is 12.4. The van der Waals surface area contributed by atoms with Crippen LogP contribution < -0.4 is 0 Å².